The maximum absolute atomic E-state index is 14.9. The van der Waals surface area contributed by atoms with Crippen LogP contribution in [0.1, 0.15) is 16.7 Å². The van der Waals surface area contributed by atoms with Crippen molar-refractivity contribution in [3.63, 3.8) is 0 Å². The summed E-state index contributed by atoms with van der Waals surface area (Å²) in [5, 5.41) is 3.30. The van der Waals surface area contributed by atoms with E-state index >= 15 is 0 Å². The number of hydrogen-bond donors (Lipinski definition) is 2. The second kappa shape index (κ2) is 9.77. The standard InChI is InChI=1S/C26H21ClF2N6/c27-19-5-3-7-21(29)23(19)25-33-22-14-32-26(31-13-18-4-1-2-6-20(18)28)34-24(22)35(25)15-17-10-8-16(12-30)9-11-17/h1-11,14H,12-13,15,30H2,(H,31,32,34). The summed E-state index contributed by atoms with van der Waals surface area (Å²) in [6.45, 7) is 1.01. The van der Waals surface area contributed by atoms with Crippen LogP contribution in [-0.2, 0) is 19.6 Å². The summed E-state index contributed by atoms with van der Waals surface area (Å²) < 4.78 is 30.7. The normalized spacial score (nSPS) is 11.2. The highest BCUT2D eigenvalue weighted by molar-refractivity contribution is 6.33. The maximum Gasteiger partial charge on any atom is 0.225 e. The zero-order valence-corrected chi connectivity index (χ0v) is 19.3. The van der Waals surface area contributed by atoms with Gasteiger partial charge in [-0.25, -0.2) is 18.7 Å². The first-order valence-corrected chi connectivity index (χ1v) is 11.3. The van der Waals surface area contributed by atoms with E-state index in [1.54, 1.807) is 41.1 Å². The van der Waals surface area contributed by atoms with Crippen LogP contribution in [0.5, 0.6) is 0 Å². The van der Waals surface area contributed by atoms with Crippen LogP contribution >= 0.6 is 11.6 Å². The maximum atomic E-state index is 14.9. The van der Waals surface area contributed by atoms with E-state index in [0.29, 0.717) is 41.6 Å². The highest BCUT2D eigenvalue weighted by atomic mass is 35.5. The molecule has 2 heterocycles. The third-order valence-electron chi connectivity index (χ3n) is 5.67. The molecule has 9 heteroatoms. The number of fused-ring (bicyclic) bond motifs is 1. The van der Waals surface area contributed by atoms with Crippen molar-refractivity contribution in [2.45, 2.75) is 19.6 Å². The van der Waals surface area contributed by atoms with Crippen LogP contribution < -0.4 is 11.1 Å². The minimum absolute atomic E-state index is 0.187. The van der Waals surface area contributed by atoms with Crippen molar-refractivity contribution in [2.75, 3.05) is 5.32 Å². The van der Waals surface area contributed by atoms with Crippen molar-refractivity contribution in [2.24, 2.45) is 5.73 Å². The molecular formula is C26H21ClF2N6. The topological polar surface area (TPSA) is 81.7 Å². The molecule has 0 spiro atoms. The van der Waals surface area contributed by atoms with Crippen molar-refractivity contribution >= 4 is 28.7 Å². The third kappa shape index (κ3) is 4.71. The summed E-state index contributed by atoms with van der Waals surface area (Å²) in [6.07, 6.45) is 1.55. The summed E-state index contributed by atoms with van der Waals surface area (Å²) >= 11 is 6.38. The Labute approximate surface area is 205 Å². The minimum Gasteiger partial charge on any atom is -0.350 e. The predicted octanol–water partition coefficient (Wildman–Crippen LogP) is 5.54. The van der Waals surface area contributed by atoms with Gasteiger partial charge in [0.15, 0.2) is 5.65 Å². The van der Waals surface area contributed by atoms with Crippen molar-refractivity contribution in [1.82, 2.24) is 19.5 Å². The van der Waals surface area contributed by atoms with Gasteiger partial charge >= 0.3 is 0 Å². The molecule has 3 N–H and O–H groups in total. The highest BCUT2D eigenvalue weighted by Crippen LogP contribution is 2.32. The zero-order chi connectivity index (χ0) is 24.4. The first kappa shape index (κ1) is 22.9. The lowest BCUT2D eigenvalue weighted by atomic mass is 10.1. The molecule has 0 aliphatic carbocycles. The summed E-state index contributed by atoms with van der Waals surface area (Å²) in [5.74, 6) is -0.167. The fraction of sp³-hybridized carbons (Fsp3) is 0.115. The van der Waals surface area contributed by atoms with Crippen LogP contribution in [0.2, 0.25) is 5.02 Å². The van der Waals surface area contributed by atoms with E-state index < -0.39 is 5.82 Å². The van der Waals surface area contributed by atoms with Crippen LogP contribution in [0.15, 0.2) is 72.9 Å². The van der Waals surface area contributed by atoms with Crippen LogP contribution in [-0.4, -0.2) is 19.5 Å². The molecule has 5 rings (SSSR count). The van der Waals surface area contributed by atoms with Gasteiger partial charge in [0.2, 0.25) is 5.95 Å². The lowest BCUT2D eigenvalue weighted by molar-refractivity contribution is 0.612. The number of benzene rings is 3. The van der Waals surface area contributed by atoms with Gasteiger partial charge < -0.3 is 15.6 Å². The number of rotatable bonds is 7. The third-order valence-corrected chi connectivity index (χ3v) is 5.98. The molecule has 0 unspecified atom stereocenters. The fourth-order valence-corrected chi connectivity index (χ4v) is 4.08. The Morgan fingerprint density at radius 3 is 2.37 bits per heavy atom. The van der Waals surface area contributed by atoms with Gasteiger partial charge in [-0.15, -0.1) is 0 Å². The molecular weight excluding hydrogens is 470 g/mol. The van der Waals surface area contributed by atoms with Crippen molar-refractivity contribution in [3.8, 4) is 11.4 Å². The molecule has 0 aliphatic rings. The number of nitrogens with two attached hydrogens (primary N) is 1. The van der Waals surface area contributed by atoms with E-state index in [0.717, 1.165) is 11.1 Å². The van der Waals surface area contributed by atoms with Crippen molar-refractivity contribution in [3.05, 3.63) is 106 Å². The summed E-state index contributed by atoms with van der Waals surface area (Å²) in [6, 6.07) is 18.8. The Morgan fingerprint density at radius 2 is 1.63 bits per heavy atom. The quantitative estimate of drug-likeness (QED) is 0.313. The van der Waals surface area contributed by atoms with Crippen LogP contribution in [0.3, 0.4) is 0 Å². The molecule has 2 aromatic heterocycles. The van der Waals surface area contributed by atoms with Crippen molar-refractivity contribution < 1.29 is 8.78 Å². The molecule has 0 fully saturated rings. The lowest BCUT2D eigenvalue weighted by Crippen LogP contribution is -2.08. The monoisotopic (exact) mass is 490 g/mol. The fourth-order valence-electron chi connectivity index (χ4n) is 3.84. The minimum atomic E-state index is -0.488. The van der Waals surface area contributed by atoms with Gasteiger partial charge in [-0.2, -0.15) is 4.98 Å². The molecule has 5 aromatic rings. The second-order valence-corrected chi connectivity index (χ2v) is 8.39. The zero-order valence-electron chi connectivity index (χ0n) is 18.5. The molecule has 35 heavy (non-hydrogen) atoms. The van der Waals surface area contributed by atoms with Gasteiger partial charge in [-0.3, -0.25) is 0 Å². The molecule has 3 aromatic carbocycles. The smallest absolute Gasteiger partial charge is 0.225 e. The molecule has 0 saturated carbocycles. The number of imidazole rings is 1. The number of aromatic nitrogens is 4. The number of nitrogens with one attached hydrogen (secondary N) is 1. The summed E-state index contributed by atoms with van der Waals surface area (Å²) in [5.41, 5.74) is 9.33. The first-order valence-electron chi connectivity index (χ1n) is 11.0. The Balaban J connectivity index is 1.58. The van der Waals surface area contributed by atoms with Gasteiger partial charge in [0.1, 0.15) is 23.0 Å². The Morgan fingerprint density at radius 1 is 0.886 bits per heavy atom. The number of hydrogen-bond acceptors (Lipinski definition) is 5. The van der Waals surface area contributed by atoms with E-state index in [-0.39, 0.29) is 22.9 Å². The first-order chi connectivity index (χ1) is 17.0. The van der Waals surface area contributed by atoms with Crippen LogP contribution in [0.4, 0.5) is 14.7 Å². The van der Waals surface area contributed by atoms with E-state index in [9.17, 15) is 8.78 Å². The number of anilines is 1. The van der Waals surface area contributed by atoms with Gasteiger partial charge in [0.05, 0.1) is 23.3 Å². The molecule has 0 amide bonds. The van der Waals surface area contributed by atoms with E-state index in [4.69, 9.17) is 17.3 Å². The molecule has 0 atom stereocenters. The van der Waals surface area contributed by atoms with Gasteiger partial charge in [0, 0.05) is 18.7 Å². The summed E-state index contributed by atoms with van der Waals surface area (Å²) in [4.78, 5) is 13.6. The summed E-state index contributed by atoms with van der Waals surface area (Å²) in [7, 11) is 0. The highest BCUT2D eigenvalue weighted by Gasteiger charge is 2.20. The average molecular weight is 491 g/mol. The Kier molecular flexibility index (Phi) is 6.39. The van der Waals surface area contributed by atoms with Crippen LogP contribution in [0, 0.1) is 11.6 Å². The molecule has 0 saturated heterocycles. The number of halogens is 3. The largest absolute Gasteiger partial charge is 0.350 e. The molecule has 176 valence electrons. The van der Waals surface area contributed by atoms with Crippen molar-refractivity contribution in [1.29, 1.82) is 0 Å². The van der Waals surface area contributed by atoms with Gasteiger partial charge in [-0.1, -0.05) is 60.1 Å². The molecule has 0 radical (unpaired) electrons. The van der Waals surface area contributed by atoms with Gasteiger partial charge in [0.25, 0.3) is 0 Å². The van der Waals surface area contributed by atoms with E-state index in [1.165, 1.54) is 12.1 Å². The average Bonchev–Trinajstić information content (AvgIpc) is 3.21. The van der Waals surface area contributed by atoms with E-state index in [2.05, 4.69) is 20.3 Å². The molecule has 6 nitrogen and oxygen atoms in total. The molecule has 0 aliphatic heterocycles. The van der Waals surface area contributed by atoms with Gasteiger partial charge in [-0.05, 0) is 29.3 Å². The SMILES string of the molecule is NCc1ccc(Cn2c(-c3c(F)cccc3Cl)nc3cnc(NCc4ccccc4F)nc32)cc1. The lowest BCUT2D eigenvalue weighted by Gasteiger charge is -2.12. The Bertz CT molecular complexity index is 1480. The Hall–Kier alpha value is -3.88. The second-order valence-electron chi connectivity index (χ2n) is 7.99. The predicted molar refractivity (Wildman–Crippen MR) is 133 cm³/mol. The molecule has 0 bridgehead atoms. The number of nitrogens with zero attached hydrogens (tertiary/aromatic N) is 4. The van der Waals surface area contributed by atoms with Crippen LogP contribution in [0.25, 0.3) is 22.6 Å². The van der Waals surface area contributed by atoms with E-state index in [1.807, 2.05) is 24.3 Å².